The van der Waals surface area contributed by atoms with Crippen molar-refractivity contribution in [3.8, 4) is 22.6 Å². The Labute approximate surface area is 197 Å². The lowest BCUT2D eigenvalue weighted by atomic mass is 9.68. The number of aryl methyl sites for hydroxylation is 2. The van der Waals surface area contributed by atoms with Crippen LogP contribution in [0.2, 0.25) is 5.82 Å². The number of fused-ring (bicyclic) bond motifs is 1. The summed E-state index contributed by atoms with van der Waals surface area (Å²) in [4.78, 5) is 0. The molecular formula is C28H33BO4. The molecule has 3 aliphatic rings. The van der Waals surface area contributed by atoms with Crippen molar-refractivity contribution in [2.24, 2.45) is 0 Å². The van der Waals surface area contributed by atoms with Crippen LogP contribution in [0.3, 0.4) is 0 Å². The number of hydrogen-bond donors (Lipinski definition) is 0. The first kappa shape index (κ1) is 22.3. The highest BCUT2D eigenvalue weighted by Gasteiger charge is 2.54. The molecule has 4 nitrogen and oxygen atoms in total. The fraction of sp³-hybridized carbons (Fsp3) is 0.429. The van der Waals surface area contributed by atoms with Gasteiger partial charge in [-0.15, -0.1) is 0 Å². The van der Waals surface area contributed by atoms with Gasteiger partial charge in [-0.25, -0.2) is 0 Å². The molecule has 0 amide bonds. The van der Waals surface area contributed by atoms with Crippen molar-refractivity contribution in [3.63, 3.8) is 0 Å². The predicted molar refractivity (Wildman–Crippen MR) is 133 cm³/mol. The Morgan fingerprint density at radius 2 is 1.58 bits per heavy atom. The summed E-state index contributed by atoms with van der Waals surface area (Å²) in [7, 11) is -0.312. The van der Waals surface area contributed by atoms with Crippen LogP contribution >= 0.6 is 0 Å². The third-order valence-corrected chi connectivity index (χ3v) is 7.51. The Morgan fingerprint density at radius 3 is 2.27 bits per heavy atom. The van der Waals surface area contributed by atoms with E-state index in [1.807, 2.05) is 12.1 Å². The molecule has 5 rings (SSSR count). The molecule has 0 saturated carbocycles. The van der Waals surface area contributed by atoms with Gasteiger partial charge in [0.25, 0.3) is 0 Å². The standard InChI is InChI=1S/C28H33BO4/c1-7-18-11-9-10-12-21(18)25-19(8-2)13-15-23-26(25)31-24-17-20(14-16-22(24)30-23)29-32-27(3,4)28(5,6)33-29/h9-16,20H,7-8,17H2,1-6H3. The van der Waals surface area contributed by atoms with Gasteiger partial charge < -0.3 is 18.8 Å². The van der Waals surface area contributed by atoms with Crippen molar-refractivity contribution in [3.05, 3.63) is 71.2 Å². The Kier molecular flexibility index (Phi) is 5.45. The highest BCUT2D eigenvalue weighted by Crippen LogP contribution is 2.50. The van der Waals surface area contributed by atoms with Gasteiger partial charge in [0.05, 0.1) is 11.2 Å². The molecule has 2 aromatic carbocycles. The van der Waals surface area contributed by atoms with Crippen LogP contribution in [-0.2, 0) is 22.2 Å². The molecule has 1 atom stereocenters. The van der Waals surface area contributed by atoms with Crippen molar-refractivity contribution in [2.75, 3.05) is 0 Å². The molecule has 33 heavy (non-hydrogen) atoms. The average molecular weight is 444 g/mol. The molecule has 2 aromatic rings. The topological polar surface area (TPSA) is 36.9 Å². The zero-order valence-electron chi connectivity index (χ0n) is 20.5. The number of allylic oxidation sites excluding steroid dienone is 3. The van der Waals surface area contributed by atoms with Crippen LogP contribution in [0.4, 0.5) is 0 Å². The van der Waals surface area contributed by atoms with E-state index in [1.165, 1.54) is 16.7 Å². The average Bonchev–Trinajstić information content (AvgIpc) is 3.03. The largest absolute Gasteiger partial charge is 0.465 e. The van der Waals surface area contributed by atoms with Gasteiger partial charge in [-0.1, -0.05) is 50.3 Å². The SMILES string of the molecule is CCc1ccccc1-c1c(CC)ccc2c1OC1=C(C=CC(B3OC(C)(C)C(C)(C)O3)C1)O2. The van der Waals surface area contributed by atoms with E-state index in [0.717, 1.165) is 41.4 Å². The van der Waals surface area contributed by atoms with Crippen molar-refractivity contribution in [1.82, 2.24) is 0 Å². The van der Waals surface area contributed by atoms with Crippen LogP contribution < -0.4 is 9.47 Å². The maximum absolute atomic E-state index is 6.65. The molecule has 1 fully saturated rings. The molecule has 0 bridgehead atoms. The Bertz CT molecular complexity index is 1130. The molecule has 5 heteroatoms. The summed E-state index contributed by atoms with van der Waals surface area (Å²) < 4.78 is 25.6. The quantitative estimate of drug-likeness (QED) is 0.482. The summed E-state index contributed by atoms with van der Waals surface area (Å²) in [6.45, 7) is 12.7. The van der Waals surface area contributed by atoms with E-state index in [9.17, 15) is 0 Å². The van der Waals surface area contributed by atoms with E-state index < -0.39 is 0 Å². The molecule has 1 saturated heterocycles. The third-order valence-electron chi connectivity index (χ3n) is 7.51. The second kappa shape index (κ2) is 8.07. The molecule has 0 radical (unpaired) electrons. The van der Waals surface area contributed by atoms with Crippen LogP contribution in [0.1, 0.15) is 59.1 Å². The molecule has 0 N–H and O–H groups in total. The number of ether oxygens (including phenoxy) is 2. The van der Waals surface area contributed by atoms with Gasteiger partial charge in [0, 0.05) is 17.8 Å². The molecule has 1 unspecified atom stereocenters. The van der Waals surface area contributed by atoms with Gasteiger partial charge in [-0.05, 0) is 69.4 Å². The van der Waals surface area contributed by atoms with Gasteiger partial charge in [-0.3, -0.25) is 0 Å². The van der Waals surface area contributed by atoms with Gasteiger partial charge in [0.2, 0.25) is 0 Å². The van der Waals surface area contributed by atoms with Crippen molar-refractivity contribution < 1.29 is 18.8 Å². The smallest absolute Gasteiger partial charge is 0.453 e. The van der Waals surface area contributed by atoms with Crippen LogP contribution in [0.5, 0.6) is 11.5 Å². The highest BCUT2D eigenvalue weighted by atomic mass is 16.7. The van der Waals surface area contributed by atoms with Gasteiger partial charge in [-0.2, -0.15) is 0 Å². The molecule has 0 aromatic heterocycles. The monoisotopic (exact) mass is 444 g/mol. The first-order valence-electron chi connectivity index (χ1n) is 12.1. The summed E-state index contributed by atoms with van der Waals surface area (Å²) >= 11 is 0. The van der Waals surface area contributed by atoms with E-state index in [-0.39, 0.29) is 24.1 Å². The lowest BCUT2D eigenvalue weighted by Crippen LogP contribution is -2.41. The Morgan fingerprint density at radius 1 is 0.879 bits per heavy atom. The van der Waals surface area contributed by atoms with Crippen LogP contribution in [0, 0.1) is 0 Å². The van der Waals surface area contributed by atoms with Crippen molar-refractivity contribution >= 4 is 7.12 Å². The summed E-state index contributed by atoms with van der Waals surface area (Å²) in [6.07, 6.45) is 6.69. The van der Waals surface area contributed by atoms with E-state index in [2.05, 4.69) is 78.0 Å². The molecule has 2 aliphatic heterocycles. The van der Waals surface area contributed by atoms with E-state index in [4.69, 9.17) is 18.8 Å². The summed E-state index contributed by atoms with van der Waals surface area (Å²) in [5, 5.41) is 0. The number of rotatable bonds is 4. The van der Waals surface area contributed by atoms with E-state index in [0.29, 0.717) is 6.42 Å². The second-order valence-electron chi connectivity index (χ2n) is 10.1. The van der Waals surface area contributed by atoms with E-state index >= 15 is 0 Å². The zero-order valence-corrected chi connectivity index (χ0v) is 20.5. The highest BCUT2D eigenvalue weighted by molar-refractivity contribution is 6.48. The summed E-state index contributed by atoms with van der Waals surface area (Å²) in [6, 6.07) is 12.8. The maximum atomic E-state index is 6.65. The Balaban J connectivity index is 1.49. The normalized spacial score (nSPS) is 22.5. The van der Waals surface area contributed by atoms with Crippen molar-refractivity contribution in [2.45, 2.75) is 77.8 Å². The minimum Gasteiger partial charge on any atom is -0.453 e. The van der Waals surface area contributed by atoms with Gasteiger partial charge >= 0.3 is 7.12 Å². The molecular weight excluding hydrogens is 411 g/mol. The maximum Gasteiger partial charge on any atom is 0.465 e. The molecule has 1 aliphatic carbocycles. The van der Waals surface area contributed by atoms with E-state index in [1.54, 1.807) is 0 Å². The van der Waals surface area contributed by atoms with Crippen molar-refractivity contribution in [1.29, 1.82) is 0 Å². The predicted octanol–water partition coefficient (Wildman–Crippen LogP) is 6.88. The summed E-state index contributed by atoms with van der Waals surface area (Å²) in [5.74, 6) is 3.26. The third kappa shape index (κ3) is 3.72. The first-order valence-corrected chi connectivity index (χ1v) is 12.1. The van der Waals surface area contributed by atoms with Crippen LogP contribution in [0.15, 0.2) is 60.1 Å². The number of benzene rings is 2. The molecule has 2 heterocycles. The minimum atomic E-state index is -0.357. The molecule has 0 spiro atoms. The van der Waals surface area contributed by atoms with Crippen LogP contribution in [-0.4, -0.2) is 18.3 Å². The summed E-state index contributed by atoms with van der Waals surface area (Å²) in [5.41, 5.74) is 4.21. The number of hydrogen-bond acceptors (Lipinski definition) is 4. The minimum absolute atomic E-state index is 0.0654. The fourth-order valence-electron chi connectivity index (χ4n) is 4.81. The second-order valence-corrected chi connectivity index (χ2v) is 10.1. The molecule has 172 valence electrons. The lowest BCUT2D eigenvalue weighted by Gasteiger charge is -2.32. The lowest BCUT2D eigenvalue weighted by molar-refractivity contribution is 0.00578. The van der Waals surface area contributed by atoms with Gasteiger partial charge in [0.1, 0.15) is 5.76 Å². The first-order chi connectivity index (χ1) is 15.7. The van der Waals surface area contributed by atoms with Gasteiger partial charge in [0.15, 0.2) is 17.3 Å². The van der Waals surface area contributed by atoms with Crippen LogP contribution in [0.25, 0.3) is 11.1 Å². The zero-order chi connectivity index (χ0) is 23.4. The fourth-order valence-corrected chi connectivity index (χ4v) is 4.81. The Hall–Kier alpha value is -2.50.